The number of esters is 1. The number of anilines is 1. The summed E-state index contributed by atoms with van der Waals surface area (Å²) in [7, 11) is 1.37. The number of aromatic nitrogens is 1. The molecule has 2 aromatic rings. The van der Waals surface area contributed by atoms with Crippen LogP contribution in [-0.4, -0.2) is 36.9 Å². The van der Waals surface area contributed by atoms with E-state index < -0.39 is 11.8 Å². The molecule has 0 bridgehead atoms. The van der Waals surface area contributed by atoms with E-state index in [-0.39, 0.29) is 11.5 Å². The maximum absolute atomic E-state index is 12.7. The highest BCUT2D eigenvalue weighted by Gasteiger charge is 2.41. The van der Waals surface area contributed by atoms with E-state index in [1.165, 1.54) is 7.11 Å². The molecular formula is C21H25N3O3. The van der Waals surface area contributed by atoms with Crippen LogP contribution in [0, 0.1) is 5.92 Å². The lowest BCUT2D eigenvalue weighted by Crippen LogP contribution is -2.37. The third-order valence-corrected chi connectivity index (χ3v) is 5.20. The van der Waals surface area contributed by atoms with E-state index in [0.29, 0.717) is 17.0 Å². The highest BCUT2D eigenvalue weighted by Crippen LogP contribution is 2.43. The maximum atomic E-state index is 12.7. The van der Waals surface area contributed by atoms with Gasteiger partial charge in [-0.2, -0.15) is 0 Å². The van der Waals surface area contributed by atoms with E-state index in [2.05, 4.69) is 28.7 Å². The van der Waals surface area contributed by atoms with Gasteiger partial charge in [0, 0.05) is 36.6 Å². The van der Waals surface area contributed by atoms with Gasteiger partial charge >= 0.3 is 5.97 Å². The lowest BCUT2D eigenvalue weighted by Gasteiger charge is -2.33. The second-order valence-electron chi connectivity index (χ2n) is 6.57. The first-order valence-electron chi connectivity index (χ1n) is 9.21. The quantitative estimate of drug-likeness (QED) is 0.823. The minimum atomic E-state index is -0.636. The summed E-state index contributed by atoms with van der Waals surface area (Å²) in [6, 6.07) is 9.72. The van der Waals surface area contributed by atoms with E-state index in [0.717, 1.165) is 24.3 Å². The minimum Gasteiger partial charge on any atom is -0.468 e. The molecule has 2 atom stereocenters. The summed E-state index contributed by atoms with van der Waals surface area (Å²) in [4.78, 5) is 34.9. The van der Waals surface area contributed by atoms with Crippen molar-refractivity contribution in [2.75, 3.05) is 25.1 Å². The third-order valence-electron chi connectivity index (χ3n) is 5.20. The highest BCUT2D eigenvalue weighted by atomic mass is 16.5. The van der Waals surface area contributed by atoms with Crippen LogP contribution in [0.15, 0.2) is 46.3 Å². The largest absolute Gasteiger partial charge is 0.468 e. The standard InChI is InChI=1S/C21H25N3O3/c1-5-24(6-2)16-10-8-7-9-14(16)18-17(21(26)27-4)13(3)23-15-11-12-22-20(25)19(15)18/h7-12,17-18H,5-6H2,1-4H3,(H,22,25). The van der Waals surface area contributed by atoms with Crippen LogP contribution in [0.5, 0.6) is 0 Å². The van der Waals surface area contributed by atoms with E-state index in [4.69, 9.17) is 4.74 Å². The molecule has 3 rings (SSSR count). The number of aliphatic imine (C=N–C) groups is 1. The molecule has 1 aliphatic rings. The van der Waals surface area contributed by atoms with Crippen LogP contribution < -0.4 is 10.5 Å². The molecule has 0 saturated heterocycles. The number of nitrogens with zero attached hydrogens (tertiary/aromatic N) is 2. The van der Waals surface area contributed by atoms with Crippen molar-refractivity contribution in [2.24, 2.45) is 10.9 Å². The SMILES string of the molecule is CCN(CC)c1ccccc1C1c2c(cc[nH]c2=O)N=C(C)C1C(=O)OC. The number of hydrogen-bond acceptors (Lipinski definition) is 5. The highest BCUT2D eigenvalue weighted by molar-refractivity contribution is 6.05. The van der Waals surface area contributed by atoms with Gasteiger partial charge in [-0.3, -0.25) is 14.6 Å². The summed E-state index contributed by atoms with van der Waals surface area (Å²) in [6.45, 7) is 7.65. The Hall–Kier alpha value is -2.89. The minimum absolute atomic E-state index is 0.225. The molecule has 6 heteroatoms. The van der Waals surface area contributed by atoms with Gasteiger partial charge in [-0.25, -0.2) is 0 Å². The lowest BCUT2D eigenvalue weighted by molar-refractivity contribution is -0.143. The first-order chi connectivity index (χ1) is 13.0. The summed E-state index contributed by atoms with van der Waals surface area (Å²) in [6.07, 6.45) is 1.59. The summed E-state index contributed by atoms with van der Waals surface area (Å²) < 4.78 is 5.07. The first-order valence-corrected chi connectivity index (χ1v) is 9.21. The number of ether oxygens (including phenoxy) is 1. The molecule has 142 valence electrons. The van der Waals surface area contributed by atoms with Crippen LogP contribution in [0.1, 0.15) is 37.8 Å². The Labute approximate surface area is 158 Å². The van der Waals surface area contributed by atoms with Crippen molar-refractivity contribution in [1.82, 2.24) is 4.98 Å². The number of rotatable bonds is 5. The van der Waals surface area contributed by atoms with Gasteiger partial charge < -0.3 is 14.6 Å². The Balaban J connectivity index is 2.31. The van der Waals surface area contributed by atoms with Gasteiger partial charge in [0.2, 0.25) is 0 Å². The van der Waals surface area contributed by atoms with Crippen LogP contribution in [0.25, 0.3) is 0 Å². The molecule has 1 N–H and O–H groups in total. The molecule has 0 fully saturated rings. The van der Waals surface area contributed by atoms with Gasteiger partial charge in [0.05, 0.1) is 18.4 Å². The molecule has 0 aliphatic carbocycles. The van der Waals surface area contributed by atoms with E-state index in [1.54, 1.807) is 12.3 Å². The fourth-order valence-corrected chi connectivity index (χ4v) is 3.92. The number of carbonyl (C=O) groups excluding carboxylic acids is 1. The zero-order valence-electron chi connectivity index (χ0n) is 16.2. The van der Waals surface area contributed by atoms with Gasteiger partial charge in [-0.15, -0.1) is 0 Å². The summed E-state index contributed by atoms with van der Waals surface area (Å²) in [5, 5.41) is 0. The number of methoxy groups -OCH3 is 1. The molecule has 1 aromatic carbocycles. The number of para-hydroxylation sites is 1. The maximum Gasteiger partial charge on any atom is 0.315 e. The normalized spacial score (nSPS) is 18.4. The molecule has 2 heterocycles. The van der Waals surface area contributed by atoms with Crippen molar-refractivity contribution in [3.8, 4) is 0 Å². The summed E-state index contributed by atoms with van der Waals surface area (Å²) >= 11 is 0. The zero-order chi connectivity index (χ0) is 19.6. The van der Waals surface area contributed by atoms with E-state index >= 15 is 0 Å². The topological polar surface area (TPSA) is 74.8 Å². The molecule has 2 unspecified atom stereocenters. The monoisotopic (exact) mass is 367 g/mol. The molecule has 0 amide bonds. The Kier molecular flexibility index (Phi) is 5.44. The number of fused-ring (bicyclic) bond motifs is 1. The second-order valence-corrected chi connectivity index (χ2v) is 6.57. The predicted molar refractivity (Wildman–Crippen MR) is 107 cm³/mol. The van der Waals surface area contributed by atoms with Crippen LogP contribution in [-0.2, 0) is 9.53 Å². The molecule has 27 heavy (non-hydrogen) atoms. The summed E-state index contributed by atoms with van der Waals surface area (Å²) in [5.41, 5.74) is 3.50. The van der Waals surface area contributed by atoms with Crippen molar-refractivity contribution in [3.05, 3.63) is 58.0 Å². The number of pyridine rings is 1. The number of benzene rings is 1. The number of nitrogens with one attached hydrogen (secondary N) is 1. The van der Waals surface area contributed by atoms with Gasteiger partial charge in [0.1, 0.15) is 5.92 Å². The van der Waals surface area contributed by atoms with Gasteiger partial charge in [-0.1, -0.05) is 18.2 Å². The predicted octanol–water partition coefficient (Wildman–Crippen LogP) is 3.25. The molecule has 0 radical (unpaired) electrons. The van der Waals surface area contributed by atoms with E-state index in [1.807, 2.05) is 31.2 Å². The Bertz CT molecular complexity index is 928. The van der Waals surface area contributed by atoms with Gasteiger partial charge in [-0.05, 0) is 38.5 Å². The number of H-pyrrole nitrogens is 1. The van der Waals surface area contributed by atoms with Crippen LogP contribution in [0.4, 0.5) is 11.4 Å². The molecule has 0 spiro atoms. The summed E-state index contributed by atoms with van der Waals surface area (Å²) in [5.74, 6) is -1.47. The molecule has 1 aliphatic heterocycles. The average Bonchev–Trinajstić information content (AvgIpc) is 2.68. The van der Waals surface area contributed by atoms with Crippen molar-refractivity contribution in [3.63, 3.8) is 0 Å². The molecule has 0 saturated carbocycles. The van der Waals surface area contributed by atoms with Crippen molar-refractivity contribution >= 4 is 23.1 Å². The fourth-order valence-electron chi connectivity index (χ4n) is 3.92. The van der Waals surface area contributed by atoms with Crippen molar-refractivity contribution in [2.45, 2.75) is 26.7 Å². The fraction of sp³-hybridized carbons (Fsp3) is 0.381. The van der Waals surface area contributed by atoms with Crippen molar-refractivity contribution in [1.29, 1.82) is 0 Å². The van der Waals surface area contributed by atoms with Crippen LogP contribution in [0.3, 0.4) is 0 Å². The zero-order valence-corrected chi connectivity index (χ0v) is 16.2. The van der Waals surface area contributed by atoms with E-state index in [9.17, 15) is 9.59 Å². The molecule has 6 nitrogen and oxygen atoms in total. The number of hydrogen-bond donors (Lipinski definition) is 1. The Morgan fingerprint density at radius 1 is 1.22 bits per heavy atom. The number of aromatic amines is 1. The molecular weight excluding hydrogens is 342 g/mol. The second kappa shape index (κ2) is 7.78. The lowest BCUT2D eigenvalue weighted by atomic mass is 9.75. The van der Waals surface area contributed by atoms with Gasteiger partial charge in [0.25, 0.3) is 5.56 Å². The van der Waals surface area contributed by atoms with Crippen molar-refractivity contribution < 1.29 is 9.53 Å². The average molecular weight is 367 g/mol. The van der Waals surface area contributed by atoms with Crippen LogP contribution >= 0.6 is 0 Å². The first kappa shape index (κ1) is 18.9. The smallest absolute Gasteiger partial charge is 0.315 e. The van der Waals surface area contributed by atoms with Gasteiger partial charge in [0.15, 0.2) is 0 Å². The Morgan fingerprint density at radius 3 is 2.59 bits per heavy atom. The third kappa shape index (κ3) is 3.27. The Morgan fingerprint density at radius 2 is 1.93 bits per heavy atom. The molecule has 1 aromatic heterocycles. The number of carbonyl (C=O) groups is 1. The van der Waals surface area contributed by atoms with Crippen LogP contribution in [0.2, 0.25) is 0 Å².